The fourth-order valence-electron chi connectivity index (χ4n) is 2.65. The lowest BCUT2D eigenvalue weighted by Gasteiger charge is -2.11. The molecule has 1 fully saturated rings. The largest absolute Gasteiger partial charge is 0.311 e. The number of hydrogen-bond donors (Lipinski definition) is 1. The Morgan fingerprint density at radius 3 is 2.77 bits per heavy atom. The van der Waals surface area contributed by atoms with Gasteiger partial charge in [0.1, 0.15) is 5.82 Å². The van der Waals surface area contributed by atoms with Crippen molar-refractivity contribution in [2.45, 2.75) is 25.2 Å². The van der Waals surface area contributed by atoms with Gasteiger partial charge in [0.05, 0.1) is 5.69 Å². The Morgan fingerprint density at radius 1 is 1.41 bits per heavy atom. The van der Waals surface area contributed by atoms with Crippen LogP contribution in [0.3, 0.4) is 0 Å². The van der Waals surface area contributed by atoms with Crippen LogP contribution in [0, 0.1) is 5.92 Å². The molecule has 2 heterocycles. The molecule has 1 unspecified atom stereocenters. The zero-order valence-electron chi connectivity index (χ0n) is 12.1. The molecule has 0 aromatic carbocycles. The summed E-state index contributed by atoms with van der Waals surface area (Å²) in [5, 5.41) is 7.01. The van der Waals surface area contributed by atoms with Crippen molar-refractivity contribution in [2.75, 3.05) is 5.32 Å². The lowest BCUT2D eigenvalue weighted by molar-refractivity contribution is -0.120. The van der Waals surface area contributed by atoms with E-state index in [-0.39, 0.29) is 25.2 Å². The van der Waals surface area contributed by atoms with Gasteiger partial charge in [-0.25, -0.2) is 8.78 Å². The fraction of sp³-hybridized carbons (Fsp3) is 0.400. The number of rotatable bonds is 3. The number of amides is 1. The van der Waals surface area contributed by atoms with Gasteiger partial charge < -0.3 is 5.32 Å². The number of nitrogens with one attached hydrogen (secondary N) is 1. The van der Waals surface area contributed by atoms with Crippen molar-refractivity contribution < 1.29 is 13.6 Å². The minimum Gasteiger partial charge on any atom is -0.311 e. The second-order valence-electron chi connectivity index (χ2n) is 5.56. The Morgan fingerprint density at radius 2 is 2.14 bits per heavy atom. The summed E-state index contributed by atoms with van der Waals surface area (Å²) in [5.74, 6) is -3.25. The lowest BCUT2D eigenvalue weighted by atomic mass is 10.1. The van der Waals surface area contributed by atoms with E-state index in [1.54, 1.807) is 25.5 Å². The Balaban J connectivity index is 1.74. The molecule has 0 radical (unpaired) electrons. The number of halogens is 2. The number of hydrogen-bond acceptors (Lipinski definition) is 3. The average Bonchev–Trinajstić information content (AvgIpc) is 3.03. The second kappa shape index (κ2) is 5.47. The standard InChI is InChI=1S/C15H16F2N4O/c1-21-13(8-12(20-21)10-3-6-18-7-4-10)19-14(22)11-2-5-15(16,17)9-11/h3-4,6-8,11H,2,5,9H2,1H3,(H,19,22). The quantitative estimate of drug-likeness (QED) is 0.948. The first-order valence-electron chi connectivity index (χ1n) is 7.08. The Kier molecular flexibility index (Phi) is 3.64. The number of alkyl halides is 2. The predicted molar refractivity (Wildman–Crippen MR) is 77.4 cm³/mol. The summed E-state index contributed by atoms with van der Waals surface area (Å²) in [6, 6.07) is 5.34. The highest BCUT2D eigenvalue weighted by atomic mass is 19.3. The van der Waals surface area contributed by atoms with E-state index in [4.69, 9.17) is 0 Å². The molecule has 1 N–H and O–H groups in total. The summed E-state index contributed by atoms with van der Waals surface area (Å²) in [6.45, 7) is 0. The highest BCUT2D eigenvalue weighted by Gasteiger charge is 2.42. The lowest BCUT2D eigenvalue weighted by Crippen LogP contribution is -2.23. The molecule has 1 saturated carbocycles. The van der Waals surface area contributed by atoms with E-state index in [2.05, 4.69) is 15.4 Å². The normalized spacial score (nSPS) is 20.0. The minimum absolute atomic E-state index is 0.216. The van der Waals surface area contributed by atoms with Crippen LogP contribution in [0.1, 0.15) is 19.3 Å². The first kappa shape index (κ1) is 14.6. The molecular formula is C15H16F2N4O. The molecule has 2 aromatic rings. The van der Waals surface area contributed by atoms with Crippen LogP contribution in [0.2, 0.25) is 0 Å². The fourth-order valence-corrected chi connectivity index (χ4v) is 2.65. The molecule has 116 valence electrons. The van der Waals surface area contributed by atoms with Crippen LogP contribution >= 0.6 is 0 Å². The number of carbonyl (C=O) groups excluding carboxylic acids is 1. The number of carbonyl (C=O) groups is 1. The molecule has 0 bridgehead atoms. The second-order valence-corrected chi connectivity index (χ2v) is 5.56. The summed E-state index contributed by atoms with van der Waals surface area (Å²) in [4.78, 5) is 16.0. The van der Waals surface area contributed by atoms with Crippen molar-refractivity contribution in [3.8, 4) is 11.3 Å². The highest BCUT2D eigenvalue weighted by molar-refractivity contribution is 5.92. The van der Waals surface area contributed by atoms with E-state index in [0.717, 1.165) is 5.56 Å². The van der Waals surface area contributed by atoms with Crippen LogP contribution in [0.15, 0.2) is 30.6 Å². The maximum atomic E-state index is 13.2. The van der Waals surface area contributed by atoms with Crippen molar-refractivity contribution in [2.24, 2.45) is 13.0 Å². The van der Waals surface area contributed by atoms with Gasteiger partial charge in [-0.2, -0.15) is 5.10 Å². The van der Waals surface area contributed by atoms with Crippen LogP contribution < -0.4 is 5.32 Å². The molecule has 1 aliphatic rings. The third-order valence-electron chi connectivity index (χ3n) is 3.88. The molecule has 7 heteroatoms. The SMILES string of the molecule is Cn1nc(-c2ccncc2)cc1NC(=O)C1CCC(F)(F)C1. The first-order valence-corrected chi connectivity index (χ1v) is 7.08. The Hall–Kier alpha value is -2.31. The van der Waals surface area contributed by atoms with Crippen LogP contribution in [-0.2, 0) is 11.8 Å². The zero-order chi connectivity index (χ0) is 15.7. The maximum absolute atomic E-state index is 13.2. The molecular weight excluding hydrogens is 290 g/mol. The summed E-state index contributed by atoms with van der Waals surface area (Å²) in [5.41, 5.74) is 1.57. The third kappa shape index (κ3) is 2.98. The van der Waals surface area contributed by atoms with Gasteiger partial charge in [0.15, 0.2) is 0 Å². The van der Waals surface area contributed by atoms with Gasteiger partial charge in [-0.3, -0.25) is 14.5 Å². The van der Waals surface area contributed by atoms with Crippen molar-refractivity contribution in [3.05, 3.63) is 30.6 Å². The molecule has 3 rings (SSSR count). The molecule has 0 saturated heterocycles. The summed E-state index contributed by atoms with van der Waals surface area (Å²) in [6.07, 6.45) is 2.92. The molecule has 5 nitrogen and oxygen atoms in total. The number of aryl methyl sites for hydroxylation is 1. The van der Waals surface area contributed by atoms with Crippen molar-refractivity contribution in [1.82, 2.24) is 14.8 Å². The van der Waals surface area contributed by atoms with E-state index < -0.39 is 11.8 Å². The highest BCUT2D eigenvalue weighted by Crippen LogP contribution is 2.39. The summed E-state index contributed by atoms with van der Waals surface area (Å²) >= 11 is 0. The molecule has 2 aromatic heterocycles. The van der Waals surface area contributed by atoms with Crippen molar-refractivity contribution in [3.63, 3.8) is 0 Å². The van der Waals surface area contributed by atoms with Crippen molar-refractivity contribution in [1.29, 1.82) is 0 Å². The number of aromatic nitrogens is 3. The topological polar surface area (TPSA) is 59.8 Å². The van der Waals surface area contributed by atoms with E-state index in [9.17, 15) is 13.6 Å². The van der Waals surface area contributed by atoms with E-state index in [0.29, 0.717) is 11.5 Å². The molecule has 1 aliphatic carbocycles. The van der Waals surface area contributed by atoms with Gasteiger partial charge in [0.25, 0.3) is 0 Å². The van der Waals surface area contributed by atoms with E-state index in [1.165, 1.54) is 4.68 Å². The van der Waals surface area contributed by atoms with Crippen molar-refractivity contribution >= 4 is 11.7 Å². The van der Waals surface area contributed by atoms with Gasteiger partial charge in [0.2, 0.25) is 11.8 Å². The van der Waals surface area contributed by atoms with Gasteiger partial charge in [0, 0.05) is 49.8 Å². The summed E-state index contributed by atoms with van der Waals surface area (Å²) in [7, 11) is 1.70. The molecule has 1 amide bonds. The number of nitrogens with zero attached hydrogens (tertiary/aromatic N) is 3. The maximum Gasteiger partial charge on any atom is 0.248 e. The summed E-state index contributed by atoms with van der Waals surface area (Å²) < 4.78 is 27.9. The average molecular weight is 306 g/mol. The number of pyridine rings is 1. The van der Waals surface area contributed by atoms with Gasteiger partial charge in [-0.1, -0.05) is 0 Å². The molecule has 1 atom stereocenters. The molecule has 0 spiro atoms. The van der Waals surface area contributed by atoms with Gasteiger partial charge in [-0.15, -0.1) is 0 Å². The first-order chi connectivity index (χ1) is 10.4. The van der Waals surface area contributed by atoms with Gasteiger partial charge in [-0.05, 0) is 18.6 Å². The zero-order valence-corrected chi connectivity index (χ0v) is 12.1. The smallest absolute Gasteiger partial charge is 0.248 e. The van der Waals surface area contributed by atoms with Crippen LogP contribution in [-0.4, -0.2) is 26.6 Å². The predicted octanol–water partition coefficient (Wildman–Crippen LogP) is 2.86. The van der Waals surface area contributed by atoms with E-state index >= 15 is 0 Å². The van der Waals surface area contributed by atoms with Crippen LogP contribution in [0.5, 0.6) is 0 Å². The van der Waals surface area contributed by atoms with Gasteiger partial charge >= 0.3 is 0 Å². The minimum atomic E-state index is -2.73. The Bertz CT molecular complexity index is 684. The Labute approximate surface area is 126 Å². The van der Waals surface area contributed by atoms with Crippen LogP contribution in [0.25, 0.3) is 11.3 Å². The number of anilines is 1. The van der Waals surface area contributed by atoms with Crippen LogP contribution in [0.4, 0.5) is 14.6 Å². The monoisotopic (exact) mass is 306 g/mol. The molecule has 22 heavy (non-hydrogen) atoms. The van der Waals surface area contributed by atoms with E-state index in [1.807, 2.05) is 12.1 Å². The molecule has 0 aliphatic heterocycles. The third-order valence-corrected chi connectivity index (χ3v) is 3.88.